The molecule has 0 heterocycles. The quantitative estimate of drug-likeness (QED) is 0.885. The average molecular weight is 293 g/mol. The monoisotopic (exact) mass is 292 g/mol. The molecular formula is C15H17ClN2O2. The molecule has 1 saturated carbocycles. The van der Waals surface area contributed by atoms with Gasteiger partial charge in [0, 0.05) is 5.54 Å². The zero-order valence-electron chi connectivity index (χ0n) is 11.2. The fraction of sp³-hybridized carbons (Fsp3) is 0.467. The van der Waals surface area contributed by atoms with E-state index in [1.807, 2.05) is 0 Å². The molecule has 4 nitrogen and oxygen atoms in total. The van der Waals surface area contributed by atoms with Gasteiger partial charge in [-0.3, -0.25) is 4.79 Å². The number of nitrogens with zero attached hydrogens (tertiary/aromatic N) is 1. The third-order valence-electron chi connectivity index (χ3n) is 3.83. The van der Waals surface area contributed by atoms with Gasteiger partial charge in [-0.15, -0.1) is 0 Å². The van der Waals surface area contributed by atoms with Gasteiger partial charge in [-0.2, -0.15) is 5.26 Å². The summed E-state index contributed by atoms with van der Waals surface area (Å²) in [5, 5.41) is 22.0. The van der Waals surface area contributed by atoms with Crippen LogP contribution in [0.4, 0.5) is 5.69 Å². The van der Waals surface area contributed by atoms with Crippen molar-refractivity contribution in [2.75, 3.05) is 5.32 Å². The van der Waals surface area contributed by atoms with E-state index in [1.165, 1.54) is 0 Å². The van der Waals surface area contributed by atoms with Crippen molar-refractivity contribution < 1.29 is 9.90 Å². The summed E-state index contributed by atoms with van der Waals surface area (Å²) in [7, 11) is 0. The van der Waals surface area contributed by atoms with Crippen molar-refractivity contribution >= 4 is 23.3 Å². The molecule has 2 rings (SSSR count). The first-order valence-corrected chi connectivity index (χ1v) is 7.13. The Morgan fingerprint density at radius 1 is 1.40 bits per heavy atom. The number of carbonyl (C=O) groups is 1. The van der Waals surface area contributed by atoms with Gasteiger partial charge in [0.05, 0.1) is 22.7 Å². The van der Waals surface area contributed by atoms with E-state index in [4.69, 9.17) is 16.7 Å². The molecule has 20 heavy (non-hydrogen) atoms. The van der Waals surface area contributed by atoms with Gasteiger partial charge in [0.25, 0.3) is 0 Å². The number of rotatable bonds is 4. The number of benzene rings is 1. The van der Waals surface area contributed by atoms with Crippen LogP contribution in [0.2, 0.25) is 5.02 Å². The van der Waals surface area contributed by atoms with Crippen molar-refractivity contribution in [3.8, 4) is 6.07 Å². The molecule has 0 aromatic heterocycles. The molecule has 0 amide bonds. The number of nitrogens with one attached hydrogen (secondary N) is 1. The number of carboxylic acids is 1. The van der Waals surface area contributed by atoms with E-state index >= 15 is 0 Å². The van der Waals surface area contributed by atoms with Crippen LogP contribution in [0.3, 0.4) is 0 Å². The number of hydrogen-bond donors (Lipinski definition) is 2. The Morgan fingerprint density at radius 2 is 2.10 bits per heavy atom. The number of carboxylic acid groups (broad SMARTS) is 1. The molecule has 0 atom stereocenters. The first-order chi connectivity index (χ1) is 9.56. The van der Waals surface area contributed by atoms with Crippen LogP contribution in [-0.2, 0) is 4.79 Å². The summed E-state index contributed by atoms with van der Waals surface area (Å²) >= 11 is 6.02. The lowest BCUT2D eigenvalue weighted by atomic mass is 9.79. The number of aliphatic carboxylic acids is 1. The van der Waals surface area contributed by atoms with Crippen LogP contribution < -0.4 is 5.32 Å². The predicted molar refractivity (Wildman–Crippen MR) is 77.9 cm³/mol. The first-order valence-electron chi connectivity index (χ1n) is 6.75. The molecule has 0 aliphatic heterocycles. The van der Waals surface area contributed by atoms with Gasteiger partial charge in [0.15, 0.2) is 0 Å². The van der Waals surface area contributed by atoms with Gasteiger partial charge in [0.2, 0.25) is 0 Å². The summed E-state index contributed by atoms with van der Waals surface area (Å²) < 4.78 is 0. The number of anilines is 1. The second-order valence-corrected chi connectivity index (χ2v) is 5.72. The molecule has 0 bridgehead atoms. The Kier molecular flexibility index (Phi) is 4.51. The normalized spacial score (nSPS) is 17.2. The summed E-state index contributed by atoms with van der Waals surface area (Å²) in [4.78, 5) is 11.2. The molecule has 1 aliphatic rings. The van der Waals surface area contributed by atoms with Crippen LogP contribution in [0, 0.1) is 11.3 Å². The lowest BCUT2D eigenvalue weighted by Gasteiger charge is -2.38. The summed E-state index contributed by atoms with van der Waals surface area (Å²) in [6, 6.07) is 7.29. The van der Waals surface area contributed by atoms with E-state index in [-0.39, 0.29) is 6.42 Å². The zero-order valence-corrected chi connectivity index (χ0v) is 11.9. The van der Waals surface area contributed by atoms with Crippen LogP contribution in [0.15, 0.2) is 18.2 Å². The highest BCUT2D eigenvalue weighted by Crippen LogP contribution is 2.36. The third kappa shape index (κ3) is 3.23. The Morgan fingerprint density at radius 3 is 2.70 bits per heavy atom. The molecule has 0 unspecified atom stereocenters. The van der Waals surface area contributed by atoms with Crippen molar-refractivity contribution in [3.63, 3.8) is 0 Å². The molecule has 0 spiro atoms. The summed E-state index contributed by atoms with van der Waals surface area (Å²) in [6.07, 6.45) is 4.80. The second kappa shape index (κ2) is 6.15. The molecular weight excluding hydrogens is 276 g/mol. The summed E-state index contributed by atoms with van der Waals surface area (Å²) in [5.74, 6) is -0.820. The molecule has 0 saturated heterocycles. The van der Waals surface area contributed by atoms with Gasteiger partial charge in [-0.05, 0) is 25.0 Å². The fourth-order valence-electron chi connectivity index (χ4n) is 2.89. The molecule has 5 heteroatoms. The van der Waals surface area contributed by atoms with E-state index in [1.54, 1.807) is 18.2 Å². The maximum absolute atomic E-state index is 11.2. The maximum atomic E-state index is 11.2. The van der Waals surface area contributed by atoms with Crippen molar-refractivity contribution in [1.82, 2.24) is 0 Å². The molecule has 1 fully saturated rings. The maximum Gasteiger partial charge on any atom is 0.305 e. The Hall–Kier alpha value is -1.73. The molecule has 1 aliphatic carbocycles. The van der Waals surface area contributed by atoms with Gasteiger partial charge >= 0.3 is 5.97 Å². The lowest BCUT2D eigenvalue weighted by Crippen LogP contribution is -2.42. The van der Waals surface area contributed by atoms with Gasteiger partial charge in [-0.25, -0.2) is 0 Å². The standard InChI is InChI=1S/C15H17ClN2O2/c16-12-5-4-6-13(11(12)10-17)18-15(9-14(19)20)7-2-1-3-8-15/h4-6,18H,1-3,7-9H2,(H,19,20). The molecule has 0 radical (unpaired) electrons. The highest BCUT2D eigenvalue weighted by atomic mass is 35.5. The van der Waals surface area contributed by atoms with Crippen LogP contribution in [0.1, 0.15) is 44.1 Å². The molecule has 1 aromatic carbocycles. The Bertz CT molecular complexity index is 545. The summed E-state index contributed by atoms with van der Waals surface area (Å²) in [5.41, 5.74) is 0.535. The van der Waals surface area contributed by atoms with Crippen LogP contribution >= 0.6 is 11.6 Å². The van der Waals surface area contributed by atoms with Crippen LogP contribution in [-0.4, -0.2) is 16.6 Å². The number of halogens is 1. The van der Waals surface area contributed by atoms with E-state index in [0.29, 0.717) is 16.3 Å². The first kappa shape index (κ1) is 14.7. The second-order valence-electron chi connectivity index (χ2n) is 5.31. The van der Waals surface area contributed by atoms with Crippen molar-refractivity contribution in [1.29, 1.82) is 5.26 Å². The third-order valence-corrected chi connectivity index (χ3v) is 4.14. The fourth-order valence-corrected chi connectivity index (χ4v) is 3.11. The predicted octanol–water partition coefficient (Wildman–Crippen LogP) is 3.80. The van der Waals surface area contributed by atoms with Gasteiger partial charge < -0.3 is 10.4 Å². The van der Waals surface area contributed by atoms with E-state index in [9.17, 15) is 10.1 Å². The van der Waals surface area contributed by atoms with Crippen LogP contribution in [0.25, 0.3) is 0 Å². The minimum absolute atomic E-state index is 0.0599. The smallest absolute Gasteiger partial charge is 0.305 e. The number of nitriles is 1. The molecule has 106 valence electrons. The van der Waals surface area contributed by atoms with E-state index < -0.39 is 11.5 Å². The summed E-state index contributed by atoms with van der Waals surface area (Å²) in [6.45, 7) is 0. The Balaban J connectivity index is 2.31. The topological polar surface area (TPSA) is 73.1 Å². The van der Waals surface area contributed by atoms with Gasteiger partial charge in [0.1, 0.15) is 6.07 Å². The largest absolute Gasteiger partial charge is 0.481 e. The van der Waals surface area contributed by atoms with E-state index in [0.717, 1.165) is 32.1 Å². The SMILES string of the molecule is N#Cc1c(Cl)cccc1NC1(CC(=O)O)CCCCC1. The minimum Gasteiger partial charge on any atom is -0.481 e. The van der Waals surface area contributed by atoms with Crippen LogP contribution in [0.5, 0.6) is 0 Å². The number of hydrogen-bond acceptors (Lipinski definition) is 3. The highest BCUT2D eigenvalue weighted by Gasteiger charge is 2.34. The average Bonchev–Trinajstić information content (AvgIpc) is 2.39. The zero-order chi connectivity index (χ0) is 14.6. The van der Waals surface area contributed by atoms with Crippen molar-refractivity contribution in [2.24, 2.45) is 0 Å². The van der Waals surface area contributed by atoms with Crippen molar-refractivity contribution in [2.45, 2.75) is 44.1 Å². The molecule has 1 aromatic rings. The lowest BCUT2D eigenvalue weighted by molar-refractivity contribution is -0.138. The van der Waals surface area contributed by atoms with E-state index in [2.05, 4.69) is 11.4 Å². The Labute approximate surface area is 123 Å². The highest BCUT2D eigenvalue weighted by molar-refractivity contribution is 6.32. The van der Waals surface area contributed by atoms with Gasteiger partial charge in [-0.1, -0.05) is 36.9 Å². The van der Waals surface area contributed by atoms with Crippen molar-refractivity contribution in [3.05, 3.63) is 28.8 Å². The minimum atomic E-state index is -0.820. The molecule has 2 N–H and O–H groups in total.